The molecule has 2 aromatic carbocycles. The molecule has 1 aromatic heterocycles. The van der Waals surface area contributed by atoms with Gasteiger partial charge in [-0.15, -0.1) is 0 Å². The number of nitrogens with two attached hydrogens (primary N) is 3. The van der Waals surface area contributed by atoms with Gasteiger partial charge in [0.1, 0.15) is 0 Å². The van der Waals surface area contributed by atoms with E-state index in [0.29, 0.717) is 11.6 Å². The third-order valence-corrected chi connectivity index (χ3v) is 3.27. The van der Waals surface area contributed by atoms with Gasteiger partial charge in [0.15, 0.2) is 17.6 Å². The number of hydrogen-bond acceptors (Lipinski definition) is 4. The van der Waals surface area contributed by atoms with E-state index in [0.717, 1.165) is 16.5 Å². The zero-order valence-corrected chi connectivity index (χ0v) is 11.8. The van der Waals surface area contributed by atoms with Crippen LogP contribution in [0.5, 0.6) is 0 Å². The molecule has 0 aliphatic heterocycles. The minimum absolute atomic E-state index is 0.0527. The van der Waals surface area contributed by atoms with Crippen molar-refractivity contribution in [1.29, 1.82) is 0 Å². The molecule has 0 radical (unpaired) electrons. The molecule has 0 amide bonds. The number of hydrogen-bond donors (Lipinski definition) is 3. The number of benzene rings is 2. The number of guanidine groups is 1. The van der Waals surface area contributed by atoms with Crippen LogP contribution in [0.3, 0.4) is 0 Å². The van der Waals surface area contributed by atoms with E-state index in [4.69, 9.17) is 17.2 Å². The van der Waals surface area contributed by atoms with Gasteiger partial charge in [0, 0.05) is 5.39 Å². The lowest BCUT2D eigenvalue weighted by atomic mass is 10.1. The minimum Gasteiger partial charge on any atom is -0.370 e. The van der Waals surface area contributed by atoms with Crippen molar-refractivity contribution in [3.05, 3.63) is 66.0 Å². The topological polar surface area (TPSA) is 116 Å². The van der Waals surface area contributed by atoms with E-state index in [2.05, 4.69) is 15.0 Å². The van der Waals surface area contributed by atoms with Crippen molar-refractivity contribution in [3.63, 3.8) is 0 Å². The van der Waals surface area contributed by atoms with Crippen LogP contribution in [-0.2, 0) is 0 Å². The van der Waals surface area contributed by atoms with Gasteiger partial charge in [0.2, 0.25) is 0 Å². The summed E-state index contributed by atoms with van der Waals surface area (Å²) < 4.78 is 0. The molecule has 1 unspecified atom stereocenters. The first-order valence-electron chi connectivity index (χ1n) is 6.82. The lowest BCUT2D eigenvalue weighted by Crippen LogP contribution is -2.22. The van der Waals surface area contributed by atoms with Gasteiger partial charge in [0.25, 0.3) is 0 Å². The second kappa shape index (κ2) is 5.79. The van der Waals surface area contributed by atoms with Crippen molar-refractivity contribution in [2.75, 3.05) is 0 Å². The van der Waals surface area contributed by atoms with Crippen molar-refractivity contribution < 1.29 is 0 Å². The summed E-state index contributed by atoms with van der Waals surface area (Å²) in [5.74, 6) is 0.847. The Morgan fingerprint density at radius 3 is 2.32 bits per heavy atom. The smallest absolute Gasteiger partial charge is 0.192 e. The van der Waals surface area contributed by atoms with Gasteiger partial charge in [-0.2, -0.15) is 4.99 Å². The molecule has 3 rings (SSSR count). The van der Waals surface area contributed by atoms with E-state index in [1.165, 1.54) is 0 Å². The van der Waals surface area contributed by atoms with E-state index in [-0.39, 0.29) is 5.96 Å². The molecule has 22 heavy (non-hydrogen) atoms. The standard InChI is InChI=1S/C16H16N6/c17-13(10-6-2-1-3-7-10)15-20-12-9-5-4-8-11(12)14(21-15)22-16(18)19/h1-9,13H,17H2,(H4,18,19,20,21,22). The molecule has 1 atom stereocenters. The van der Waals surface area contributed by atoms with E-state index in [1.54, 1.807) is 0 Å². The zero-order chi connectivity index (χ0) is 15.5. The lowest BCUT2D eigenvalue weighted by Gasteiger charge is -2.12. The Balaban J connectivity index is 2.17. The number of aromatic nitrogens is 2. The highest BCUT2D eigenvalue weighted by molar-refractivity contribution is 5.91. The molecule has 6 heteroatoms. The summed E-state index contributed by atoms with van der Waals surface area (Å²) in [4.78, 5) is 13.1. The van der Waals surface area contributed by atoms with E-state index in [1.807, 2.05) is 54.6 Å². The van der Waals surface area contributed by atoms with Gasteiger partial charge >= 0.3 is 0 Å². The number of aliphatic imine (C=N–C) groups is 1. The fourth-order valence-electron chi connectivity index (χ4n) is 2.23. The Labute approximate surface area is 127 Å². The summed E-state index contributed by atoms with van der Waals surface area (Å²) in [5.41, 5.74) is 18.9. The van der Waals surface area contributed by atoms with Gasteiger partial charge < -0.3 is 17.2 Å². The predicted octanol–water partition coefficient (Wildman–Crippen LogP) is 1.58. The van der Waals surface area contributed by atoms with Crippen LogP contribution in [0.15, 0.2) is 59.6 Å². The Morgan fingerprint density at radius 1 is 0.909 bits per heavy atom. The largest absolute Gasteiger partial charge is 0.370 e. The average Bonchev–Trinajstić information content (AvgIpc) is 2.54. The third kappa shape index (κ3) is 2.72. The van der Waals surface area contributed by atoms with Crippen LogP contribution in [0.25, 0.3) is 10.9 Å². The number of nitrogens with zero attached hydrogens (tertiary/aromatic N) is 3. The van der Waals surface area contributed by atoms with E-state index < -0.39 is 6.04 Å². The van der Waals surface area contributed by atoms with Gasteiger partial charge in [-0.3, -0.25) is 0 Å². The second-order valence-electron chi connectivity index (χ2n) is 4.85. The summed E-state index contributed by atoms with van der Waals surface area (Å²) >= 11 is 0. The molecule has 0 aliphatic carbocycles. The van der Waals surface area contributed by atoms with Gasteiger partial charge in [-0.25, -0.2) is 9.97 Å². The highest BCUT2D eigenvalue weighted by atomic mass is 15.1. The van der Waals surface area contributed by atoms with E-state index in [9.17, 15) is 0 Å². The van der Waals surface area contributed by atoms with Gasteiger partial charge in [-0.1, -0.05) is 42.5 Å². The quantitative estimate of drug-likeness (QED) is 0.500. The molecule has 3 aromatic rings. The highest BCUT2D eigenvalue weighted by Crippen LogP contribution is 2.26. The van der Waals surface area contributed by atoms with Crippen molar-refractivity contribution in [2.24, 2.45) is 22.2 Å². The van der Waals surface area contributed by atoms with Crippen LogP contribution in [0.1, 0.15) is 17.4 Å². The van der Waals surface area contributed by atoms with Crippen molar-refractivity contribution in [3.8, 4) is 0 Å². The third-order valence-electron chi connectivity index (χ3n) is 3.27. The van der Waals surface area contributed by atoms with Crippen molar-refractivity contribution >= 4 is 22.7 Å². The molecule has 0 spiro atoms. The summed E-state index contributed by atoms with van der Waals surface area (Å²) in [6.07, 6.45) is 0. The summed E-state index contributed by atoms with van der Waals surface area (Å²) in [6.45, 7) is 0. The normalized spacial score (nSPS) is 12.0. The molecule has 1 heterocycles. The Hall–Kier alpha value is -2.99. The molecule has 0 bridgehead atoms. The first-order chi connectivity index (χ1) is 10.6. The molecule has 0 saturated carbocycles. The van der Waals surface area contributed by atoms with Crippen LogP contribution in [0.2, 0.25) is 0 Å². The van der Waals surface area contributed by atoms with Gasteiger partial charge in [0.05, 0.1) is 11.6 Å². The summed E-state index contributed by atoms with van der Waals surface area (Å²) in [6, 6.07) is 16.7. The number of rotatable bonds is 3. The number of para-hydroxylation sites is 1. The lowest BCUT2D eigenvalue weighted by molar-refractivity contribution is 0.790. The Bertz CT molecular complexity index is 824. The van der Waals surface area contributed by atoms with Crippen molar-refractivity contribution in [1.82, 2.24) is 9.97 Å². The molecule has 0 saturated heterocycles. The molecular weight excluding hydrogens is 276 g/mol. The van der Waals surface area contributed by atoms with Crippen LogP contribution < -0.4 is 17.2 Å². The molecule has 0 fully saturated rings. The maximum absolute atomic E-state index is 6.27. The van der Waals surface area contributed by atoms with Gasteiger partial charge in [-0.05, 0) is 17.7 Å². The fourth-order valence-corrected chi connectivity index (χ4v) is 2.23. The SMILES string of the molecule is NC(N)=Nc1nc(C(N)c2ccccc2)nc2ccccc12. The van der Waals surface area contributed by atoms with Crippen LogP contribution in [-0.4, -0.2) is 15.9 Å². The minimum atomic E-state index is -0.446. The molecular formula is C16H16N6. The number of fused-ring (bicyclic) bond motifs is 1. The summed E-state index contributed by atoms with van der Waals surface area (Å²) in [7, 11) is 0. The molecule has 110 valence electrons. The maximum atomic E-state index is 6.27. The molecule has 6 nitrogen and oxygen atoms in total. The van der Waals surface area contributed by atoms with E-state index >= 15 is 0 Å². The van der Waals surface area contributed by atoms with Crippen LogP contribution in [0, 0.1) is 0 Å². The molecule has 0 aliphatic rings. The predicted molar refractivity (Wildman–Crippen MR) is 87.5 cm³/mol. The first kappa shape index (κ1) is 14.0. The van der Waals surface area contributed by atoms with Crippen LogP contribution >= 0.6 is 0 Å². The average molecular weight is 292 g/mol. The Morgan fingerprint density at radius 2 is 1.59 bits per heavy atom. The van der Waals surface area contributed by atoms with Crippen LogP contribution in [0.4, 0.5) is 5.82 Å². The monoisotopic (exact) mass is 292 g/mol. The fraction of sp³-hybridized carbons (Fsp3) is 0.0625. The second-order valence-corrected chi connectivity index (χ2v) is 4.85. The molecule has 6 N–H and O–H groups in total. The zero-order valence-electron chi connectivity index (χ0n) is 11.8. The summed E-state index contributed by atoms with van der Waals surface area (Å²) in [5, 5.41) is 0.778. The van der Waals surface area contributed by atoms with Crippen molar-refractivity contribution in [2.45, 2.75) is 6.04 Å². The first-order valence-corrected chi connectivity index (χ1v) is 6.82. The maximum Gasteiger partial charge on any atom is 0.192 e. The highest BCUT2D eigenvalue weighted by Gasteiger charge is 2.15. The Kier molecular flexibility index (Phi) is 3.67.